The monoisotopic (exact) mass is 538 g/mol. The van der Waals surface area contributed by atoms with Crippen molar-refractivity contribution in [2.24, 2.45) is 0 Å². The van der Waals surface area contributed by atoms with Gasteiger partial charge in [-0.25, -0.2) is 9.59 Å². The Morgan fingerprint density at radius 1 is 0.500 bits per heavy atom. The van der Waals surface area contributed by atoms with E-state index in [1.165, 1.54) is 48.5 Å². The molecule has 6 N–H and O–H groups in total. The van der Waals surface area contributed by atoms with Crippen LogP contribution in [-0.4, -0.2) is 54.1 Å². The summed E-state index contributed by atoms with van der Waals surface area (Å²) in [4.78, 5) is 51.0. The van der Waals surface area contributed by atoms with E-state index in [9.17, 15) is 49.8 Å². The van der Waals surface area contributed by atoms with Crippen molar-refractivity contribution in [3.63, 3.8) is 0 Å². The lowest BCUT2D eigenvalue weighted by molar-refractivity contribution is 0.0685. The Morgan fingerprint density at radius 2 is 0.850 bits per heavy atom. The van der Waals surface area contributed by atoms with E-state index in [1.807, 2.05) is 0 Å². The Kier molecular flexibility index (Phi) is 5.20. The molecule has 6 rings (SSSR count). The highest BCUT2D eigenvalue weighted by Gasteiger charge is 2.45. The minimum absolute atomic E-state index is 0.0420. The van der Waals surface area contributed by atoms with Crippen LogP contribution in [0.3, 0.4) is 0 Å². The predicted octanol–water partition coefficient (Wildman–Crippen LogP) is 3.96. The highest BCUT2D eigenvalue weighted by atomic mass is 16.4. The van der Waals surface area contributed by atoms with Crippen LogP contribution in [0.15, 0.2) is 60.7 Å². The number of carboxylic acids is 2. The van der Waals surface area contributed by atoms with Gasteiger partial charge in [0.1, 0.15) is 23.0 Å². The molecule has 2 aliphatic rings. The summed E-state index contributed by atoms with van der Waals surface area (Å²) in [7, 11) is 0. The number of benzene rings is 4. The number of phenolic OH excluding ortho intramolecular Hbond substituents is 4. The lowest BCUT2D eigenvalue weighted by Crippen LogP contribution is -2.30. The number of aromatic carboxylic acids is 2. The van der Waals surface area contributed by atoms with Crippen molar-refractivity contribution in [1.29, 1.82) is 0 Å². The van der Waals surface area contributed by atoms with Crippen molar-refractivity contribution in [2.45, 2.75) is 11.8 Å². The summed E-state index contributed by atoms with van der Waals surface area (Å²) in [6.45, 7) is 0. The number of aromatic hydroxyl groups is 4. The molecule has 40 heavy (non-hydrogen) atoms. The molecular formula is C30H18O10. The average molecular weight is 538 g/mol. The van der Waals surface area contributed by atoms with Crippen molar-refractivity contribution < 1.29 is 49.8 Å². The Morgan fingerprint density at radius 3 is 1.20 bits per heavy atom. The fraction of sp³-hybridized carbons (Fsp3) is 0.0667. The zero-order valence-electron chi connectivity index (χ0n) is 20.2. The molecule has 0 saturated carbocycles. The van der Waals surface area contributed by atoms with Gasteiger partial charge in [-0.1, -0.05) is 24.3 Å². The number of carbonyl (C=O) groups is 4. The molecule has 0 saturated heterocycles. The lowest BCUT2D eigenvalue weighted by atomic mass is 9.63. The molecule has 10 heteroatoms. The summed E-state index contributed by atoms with van der Waals surface area (Å²) in [5.41, 5.74) is -1.08. The first-order chi connectivity index (χ1) is 19.0. The fourth-order valence-corrected chi connectivity index (χ4v) is 5.96. The third-order valence-corrected chi connectivity index (χ3v) is 7.52. The highest BCUT2D eigenvalue weighted by molar-refractivity contribution is 6.18. The summed E-state index contributed by atoms with van der Waals surface area (Å²) in [6, 6.07) is 12.7. The van der Waals surface area contributed by atoms with Crippen molar-refractivity contribution in [1.82, 2.24) is 0 Å². The van der Waals surface area contributed by atoms with Crippen LogP contribution in [0.5, 0.6) is 23.0 Å². The molecule has 0 aromatic heterocycles. The van der Waals surface area contributed by atoms with Crippen LogP contribution in [0.4, 0.5) is 0 Å². The summed E-state index contributed by atoms with van der Waals surface area (Å²) in [5.74, 6) is -8.61. The third kappa shape index (κ3) is 3.29. The molecule has 0 unspecified atom stereocenters. The number of rotatable bonds is 3. The SMILES string of the molecule is O=C(O)c1cc(O)c2c(c1)[C@H]([C@@H]1c3cccc(O)c3C(=O)c3c(O)cc(C(=O)O)cc31)c1cccc(O)c1C2=O. The molecule has 0 spiro atoms. The maximum absolute atomic E-state index is 13.6. The normalized spacial score (nSPS) is 16.9. The number of ketones is 2. The first-order valence-corrected chi connectivity index (χ1v) is 11.9. The zero-order chi connectivity index (χ0) is 28.6. The summed E-state index contributed by atoms with van der Waals surface area (Å²) < 4.78 is 0. The van der Waals surface area contributed by atoms with E-state index in [0.29, 0.717) is 0 Å². The fourth-order valence-electron chi connectivity index (χ4n) is 5.96. The van der Waals surface area contributed by atoms with Gasteiger partial charge in [0.15, 0.2) is 0 Å². The van der Waals surface area contributed by atoms with Crippen LogP contribution >= 0.6 is 0 Å². The van der Waals surface area contributed by atoms with Gasteiger partial charge in [-0.2, -0.15) is 0 Å². The molecule has 2 atom stereocenters. The lowest BCUT2D eigenvalue weighted by Gasteiger charge is -2.38. The molecule has 4 aromatic carbocycles. The van der Waals surface area contributed by atoms with Crippen molar-refractivity contribution in [3.8, 4) is 23.0 Å². The Labute approximate surface area is 224 Å². The van der Waals surface area contributed by atoms with Crippen LogP contribution < -0.4 is 0 Å². The quantitative estimate of drug-likeness (QED) is 0.223. The molecule has 0 fully saturated rings. The molecule has 4 aromatic rings. The largest absolute Gasteiger partial charge is 0.507 e. The minimum atomic E-state index is -1.39. The van der Waals surface area contributed by atoms with Crippen LogP contribution in [-0.2, 0) is 0 Å². The number of carbonyl (C=O) groups excluding carboxylic acids is 2. The van der Waals surface area contributed by atoms with Gasteiger partial charge in [0, 0.05) is 11.8 Å². The Bertz CT molecular complexity index is 1720. The van der Waals surface area contributed by atoms with Crippen LogP contribution in [0, 0.1) is 0 Å². The Balaban J connectivity index is 1.79. The predicted molar refractivity (Wildman–Crippen MR) is 137 cm³/mol. The van der Waals surface area contributed by atoms with E-state index in [0.717, 1.165) is 12.1 Å². The molecule has 2 aliphatic carbocycles. The van der Waals surface area contributed by atoms with Crippen LogP contribution in [0.1, 0.15) is 86.6 Å². The van der Waals surface area contributed by atoms with Crippen LogP contribution in [0.25, 0.3) is 0 Å². The zero-order valence-corrected chi connectivity index (χ0v) is 20.2. The second kappa shape index (κ2) is 8.43. The van der Waals surface area contributed by atoms with Crippen molar-refractivity contribution >= 4 is 23.5 Å². The van der Waals surface area contributed by atoms with Crippen LogP contribution in [0.2, 0.25) is 0 Å². The Hall–Kier alpha value is -5.64. The molecule has 0 bridgehead atoms. The molecule has 0 heterocycles. The topological polar surface area (TPSA) is 190 Å². The molecule has 10 nitrogen and oxygen atoms in total. The van der Waals surface area contributed by atoms with Crippen molar-refractivity contribution in [2.75, 3.05) is 0 Å². The van der Waals surface area contributed by atoms with E-state index >= 15 is 0 Å². The van der Waals surface area contributed by atoms with Gasteiger partial charge >= 0.3 is 11.9 Å². The first kappa shape index (κ1) is 24.7. The summed E-state index contributed by atoms with van der Waals surface area (Å²) in [6.07, 6.45) is 0. The minimum Gasteiger partial charge on any atom is -0.507 e. The molecule has 198 valence electrons. The van der Waals surface area contributed by atoms with E-state index in [-0.39, 0.29) is 55.6 Å². The van der Waals surface area contributed by atoms with E-state index in [1.54, 1.807) is 0 Å². The maximum atomic E-state index is 13.6. The van der Waals surface area contributed by atoms with E-state index in [2.05, 4.69) is 0 Å². The van der Waals surface area contributed by atoms with Gasteiger partial charge in [-0.3, -0.25) is 9.59 Å². The molecule has 0 aliphatic heterocycles. The maximum Gasteiger partial charge on any atom is 0.335 e. The molecule has 0 amide bonds. The smallest absolute Gasteiger partial charge is 0.335 e. The number of fused-ring (bicyclic) bond motifs is 4. The van der Waals surface area contributed by atoms with Gasteiger partial charge in [0.25, 0.3) is 0 Å². The first-order valence-electron chi connectivity index (χ1n) is 11.9. The number of hydrogen-bond acceptors (Lipinski definition) is 8. The highest BCUT2D eigenvalue weighted by Crippen LogP contribution is 2.55. The number of carboxylic acid groups (broad SMARTS) is 2. The van der Waals surface area contributed by atoms with Crippen molar-refractivity contribution in [3.05, 3.63) is 116 Å². The average Bonchev–Trinajstić information content (AvgIpc) is 2.89. The summed E-state index contributed by atoms with van der Waals surface area (Å²) >= 11 is 0. The van der Waals surface area contributed by atoms with Gasteiger partial charge in [-0.05, 0) is 58.7 Å². The number of hydrogen-bond donors (Lipinski definition) is 6. The standard InChI is InChI=1S/C30H18O10/c31-17-5-1-3-13-21(15-7-11(29(37)38)9-19(33)25(15)27(35)23(13)17)22-14-4-2-6-18(32)24(14)28(36)26-16(22)8-12(30(39)40)10-20(26)34/h1-10,21-22,31-34H,(H,37,38)(H,39,40)/t21-,22-/m1/s1. The van der Waals surface area contributed by atoms with E-state index in [4.69, 9.17) is 0 Å². The van der Waals surface area contributed by atoms with Gasteiger partial charge in [0.05, 0.1) is 33.4 Å². The van der Waals surface area contributed by atoms with Gasteiger partial charge in [-0.15, -0.1) is 0 Å². The number of phenols is 4. The third-order valence-electron chi connectivity index (χ3n) is 7.52. The second-order valence-electron chi connectivity index (χ2n) is 9.63. The molecular weight excluding hydrogens is 520 g/mol. The molecule has 0 radical (unpaired) electrons. The van der Waals surface area contributed by atoms with E-state index < -0.39 is 58.3 Å². The summed E-state index contributed by atoms with van der Waals surface area (Å²) in [5, 5.41) is 62.6. The van der Waals surface area contributed by atoms with Gasteiger partial charge in [0.2, 0.25) is 11.6 Å². The second-order valence-corrected chi connectivity index (χ2v) is 9.63. The van der Waals surface area contributed by atoms with Gasteiger partial charge < -0.3 is 30.6 Å².